The Balaban J connectivity index is 1.67. The zero-order chi connectivity index (χ0) is 19.0. The fourth-order valence-electron chi connectivity index (χ4n) is 2.56. The Kier molecular flexibility index (Phi) is 7.58. The summed E-state index contributed by atoms with van der Waals surface area (Å²) in [5.74, 6) is 2.26. The van der Waals surface area contributed by atoms with Crippen LogP contribution in [0, 0.1) is 6.92 Å². The maximum absolute atomic E-state index is 11.9. The van der Waals surface area contributed by atoms with Crippen LogP contribution in [0.5, 0.6) is 5.75 Å². The summed E-state index contributed by atoms with van der Waals surface area (Å²) in [4.78, 5) is 11.9. The van der Waals surface area contributed by atoms with E-state index < -0.39 is 0 Å². The first-order valence-corrected chi connectivity index (χ1v) is 10.1. The normalized spacial score (nSPS) is 11.2. The molecule has 0 aliphatic heterocycles. The van der Waals surface area contributed by atoms with Crippen LogP contribution < -0.4 is 10.1 Å². The lowest BCUT2D eigenvalue weighted by molar-refractivity contribution is -0.118. The minimum absolute atomic E-state index is 0.0342. The molecule has 0 saturated carbocycles. The third kappa shape index (κ3) is 6.75. The van der Waals surface area contributed by atoms with Crippen molar-refractivity contribution >= 4 is 17.7 Å². The van der Waals surface area contributed by atoms with Crippen LogP contribution in [-0.4, -0.2) is 24.8 Å². The molecule has 0 heterocycles. The van der Waals surface area contributed by atoms with E-state index in [0.29, 0.717) is 18.9 Å². The second kappa shape index (κ2) is 9.67. The Morgan fingerprint density at radius 2 is 1.77 bits per heavy atom. The fraction of sp³-hybridized carbons (Fsp3) is 0.409. The van der Waals surface area contributed by atoms with E-state index in [-0.39, 0.29) is 11.3 Å². The predicted molar refractivity (Wildman–Crippen MR) is 111 cm³/mol. The molecule has 26 heavy (non-hydrogen) atoms. The summed E-state index contributed by atoms with van der Waals surface area (Å²) >= 11 is 1.63. The fourth-order valence-corrected chi connectivity index (χ4v) is 3.38. The molecule has 0 aromatic heterocycles. The molecule has 0 aliphatic carbocycles. The van der Waals surface area contributed by atoms with Crippen molar-refractivity contribution in [2.24, 2.45) is 0 Å². The van der Waals surface area contributed by atoms with Crippen LogP contribution >= 0.6 is 11.8 Å². The number of aryl methyl sites for hydroxylation is 1. The van der Waals surface area contributed by atoms with E-state index in [4.69, 9.17) is 4.74 Å². The molecule has 0 aliphatic rings. The van der Waals surface area contributed by atoms with Crippen molar-refractivity contribution in [1.29, 1.82) is 0 Å². The highest BCUT2D eigenvalue weighted by molar-refractivity contribution is 7.99. The zero-order valence-electron chi connectivity index (χ0n) is 16.2. The molecule has 4 heteroatoms. The Bertz CT molecular complexity index is 705. The number of ether oxygens (including phenoxy) is 1. The van der Waals surface area contributed by atoms with Crippen LogP contribution in [0.25, 0.3) is 0 Å². The summed E-state index contributed by atoms with van der Waals surface area (Å²) in [6.07, 6.45) is 0. The number of amides is 1. The number of hydrogen-bond donors (Lipinski definition) is 1. The molecule has 0 bridgehead atoms. The Morgan fingerprint density at radius 3 is 2.46 bits per heavy atom. The topological polar surface area (TPSA) is 38.3 Å². The summed E-state index contributed by atoms with van der Waals surface area (Å²) in [5, 5.41) is 2.92. The molecule has 0 fully saturated rings. The van der Waals surface area contributed by atoms with Crippen molar-refractivity contribution in [2.45, 2.75) is 38.9 Å². The summed E-state index contributed by atoms with van der Waals surface area (Å²) in [6, 6.07) is 16.5. The first-order valence-electron chi connectivity index (χ1n) is 8.98. The van der Waals surface area contributed by atoms with Gasteiger partial charge in [0.1, 0.15) is 12.4 Å². The van der Waals surface area contributed by atoms with E-state index in [1.165, 1.54) is 16.7 Å². The largest absolute Gasteiger partial charge is 0.491 e. The van der Waals surface area contributed by atoms with Gasteiger partial charge < -0.3 is 10.1 Å². The average molecular weight is 372 g/mol. The maximum atomic E-state index is 11.9. The molecule has 140 valence electrons. The first-order chi connectivity index (χ1) is 12.4. The molecular weight excluding hydrogens is 342 g/mol. The highest BCUT2D eigenvalue weighted by Gasteiger charge is 2.18. The molecule has 0 spiro atoms. The van der Waals surface area contributed by atoms with E-state index in [1.54, 1.807) is 11.8 Å². The third-order valence-electron chi connectivity index (χ3n) is 4.00. The quantitative estimate of drug-likeness (QED) is 0.682. The Labute approximate surface area is 161 Å². The number of hydrogen-bond acceptors (Lipinski definition) is 3. The summed E-state index contributed by atoms with van der Waals surface area (Å²) < 4.78 is 5.88. The number of para-hydroxylation sites is 1. The second-order valence-electron chi connectivity index (χ2n) is 7.42. The van der Waals surface area contributed by atoms with E-state index in [1.807, 2.05) is 18.2 Å². The van der Waals surface area contributed by atoms with Gasteiger partial charge in [-0.1, -0.05) is 68.8 Å². The van der Waals surface area contributed by atoms with Crippen LogP contribution in [0.15, 0.2) is 48.5 Å². The molecule has 0 unspecified atom stereocenters. The third-order valence-corrected chi connectivity index (χ3v) is 5.00. The standard InChI is InChI=1S/C22H29NO2S/c1-17-9-11-18(12-10-17)15-26-16-21(24)23-13-14-25-20-8-6-5-7-19(20)22(2,3)4/h5-12H,13-16H2,1-4H3,(H,23,24). The number of carbonyl (C=O) groups excluding carboxylic acids is 1. The van der Waals surface area contributed by atoms with Gasteiger partial charge in [-0.05, 0) is 29.5 Å². The van der Waals surface area contributed by atoms with Crippen molar-refractivity contribution in [3.05, 3.63) is 65.2 Å². The monoisotopic (exact) mass is 371 g/mol. The average Bonchev–Trinajstić information content (AvgIpc) is 2.60. The molecule has 1 amide bonds. The van der Waals surface area contributed by atoms with Gasteiger partial charge >= 0.3 is 0 Å². The smallest absolute Gasteiger partial charge is 0.230 e. The van der Waals surface area contributed by atoms with Crippen LogP contribution in [0.4, 0.5) is 0 Å². The van der Waals surface area contributed by atoms with Gasteiger partial charge in [-0.3, -0.25) is 4.79 Å². The minimum atomic E-state index is 0.0342. The van der Waals surface area contributed by atoms with Crippen LogP contribution in [0.2, 0.25) is 0 Å². The van der Waals surface area contributed by atoms with Crippen molar-refractivity contribution in [3.8, 4) is 5.75 Å². The Morgan fingerprint density at radius 1 is 1.08 bits per heavy atom. The van der Waals surface area contributed by atoms with E-state index in [9.17, 15) is 4.79 Å². The first kappa shape index (κ1) is 20.4. The van der Waals surface area contributed by atoms with Crippen molar-refractivity contribution < 1.29 is 9.53 Å². The zero-order valence-corrected chi connectivity index (χ0v) is 17.0. The van der Waals surface area contributed by atoms with Gasteiger partial charge in [0.2, 0.25) is 5.91 Å². The van der Waals surface area contributed by atoms with E-state index >= 15 is 0 Å². The van der Waals surface area contributed by atoms with Crippen molar-refractivity contribution in [3.63, 3.8) is 0 Å². The SMILES string of the molecule is Cc1ccc(CSCC(=O)NCCOc2ccccc2C(C)(C)C)cc1. The lowest BCUT2D eigenvalue weighted by Gasteiger charge is -2.22. The van der Waals surface area contributed by atoms with Gasteiger partial charge in [-0.25, -0.2) is 0 Å². The maximum Gasteiger partial charge on any atom is 0.230 e. The molecular formula is C22H29NO2S. The lowest BCUT2D eigenvalue weighted by Crippen LogP contribution is -2.29. The lowest BCUT2D eigenvalue weighted by atomic mass is 9.86. The van der Waals surface area contributed by atoms with Gasteiger partial charge in [0.05, 0.1) is 12.3 Å². The van der Waals surface area contributed by atoms with Gasteiger partial charge in [0.15, 0.2) is 0 Å². The second-order valence-corrected chi connectivity index (χ2v) is 8.41. The molecule has 1 N–H and O–H groups in total. The number of rotatable bonds is 8. The molecule has 0 atom stereocenters. The summed E-state index contributed by atoms with van der Waals surface area (Å²) in [6.45, 7) is 9.57. The van der Waals surface area contributed by atoms with Gasteiger partial charge in [0, 0.05) is 5.75 Å². The van der Waals surface area contributed by atoms with Crippen molar-refractivity contribution in [2.75, 3.05) is 18.9 Å². The van der Waals surface area contributed by atoms with Crippen LogP contribution in [0.3, 0.4) is 0 Å². The van der Waals surface area contributed by atoms with Crippen LogP contribution in [0.1, 0.15) is 37.5 Å². The minimum Gasteiger partial charge on any atom is -0.491 e. The van der Waals surface area contributed by atoms with Gasteiger partial charge in [0.25, 0.3) is 0 Å². The molecule has 2 aromatic rings. The number of nitrogens with one attached hydrogen (secondary N) is 1. The molecule has 0 saturated heterocycles. The predicted octanol–water partition coefficient (Wildman–Crippen LogP) is 4.72. The highest BCUT2D eigenvalue weighted by Crippen LogP contribution is 2.30. The Hall–Kier alpha value is -1.94. The molecule has 2 rings (SSSR count). The van der Waals surface area contributed by atoms with E-state index in [0.717, 1.165) is 11.5 Å². The van der Waals surface area contributed by atoms with Gasteiger partial charge in [-0.2, -0.15) is 0 Å². The van der Waals surface area contributed by atoms with Gasteiger partial charge in [-0.15, -0.1) is 11.8 Å². The molecule has 3 nitrogen and oxygen atoms in total. The number of thioether (sulfide) groups is 1. The van der Waals surface area contributed by atoms with E-state index in [2.05, 4.69) is 63.3 Å². The molecule has 2 aromatic carbocycles. The van der Waals surface area contributed by atoms with Crippen LogP contribution in [-0.2, 0) is 16.0 Å². The summed E-state index contributed by atoms with van der Waals surface area (Å²) in [5.41, 5.74) is 3.71. The summed E-state index contributed by atoms with van der Waals surface area (Å²) in [7, 11) is 0. The number of benzene rings is 2. The van der Waals surface area contributed by atoms with Crippen molar-refractivity contribution in [1.82, 2.24) is 5.32 Å². The number of carbonyl (C=O) groups is 1. The highest BCUT2D eigenvalue weighted by atomic mass is 32.2. The molecule has 0 radical (unpaired) electrons.